The van der Waals surface area contributed by atoms with E-state index in [0.717, 1.165) is 21.9 Å². The molecule has 0 aliphatic carbocycles. The normalized spacial score (nSPS) is 18.6. The summed E-state index contributed by atoms with van der Waals surface area (Å²) < 4.78 is 7.32. The molecule has 0 radical (unpaired) electrons. The zero-order valence-corrected chi connectivity index (χ0v) is 20.6. The quantitative estimate of drug-likeness (QED) is 0.373. The molecule has 1 aliphatic rings. The second-order valence-corrected chi connectivity index (χ2v) is 9.14. The number of methoxy groups -OCH3 is 1. The first-order valence-corrected chi connectivity index (χ1v) is 11.7. The third-order valence-corrected chi connectivity index (χ3v) is 6.69. The van der Waals surface area contributed by atoms with Gasteiger partial charge >= 0.3 is 6.03 Å². The monoisotopic (exact) mass is 473 g/mol. The van der Waals surface area contributed by atoms with E-state index in [-0.39, 0.29) is 24.8 Å². The summed E-state index contributed by atoms with van der Waals surface area (Å²) in [5.74, 6) is -0.700. The van der Waals surface area contributed by atoms with Crippen LogP contribution in [0.5, 0.6) is 0 Å². The number of urea groups is 1. The fraction of sp³-hybridized carbons (Fsp3) is 0.321. The predicted octanol–water partition coefficient (Wildman–Crippen LogP) is 4.19. The van der Waals surface area contributed by atoms with Crippen LogP contribution in [0.2, 0.25) is 0 Å². The number of rotatable bonds is 9. The molecule has 2 atom stereocenters. The minimum Gasteiger partial charge on any atom is -0.383 e. The molecule has 7 heteroatoms. The van der Waals surface area contributed by atoms with Crippen LogP contribution < -0.4 is 5.32 Å². The van der Waals surface area contributed by atoms with Crippen molar-refractivity contribution in [2.45, 2.75) is 38.8 Å². The molecule has 3 amide bonds. The Labute approximate surface area is 205 Å². The van der Waals surface area contributed by atoms with Crippen molar-refractivity contribution < 1.29 is 19.1 Å². The molecule has 2 aromatic carbocycles. The van der Waals surface area contributed by atoms with Crippen molar-refractivity contribution in [3.05, 3.63) is 94.8 Å². The van der Waals surface area contributed by atoms with Crippen LogP contribution in [0.15, 0.2) is 66.7 Å². The van der Waals surface area contributed by atoms with Gasteiger partial charge in [0, 0.05) is 30.5 Å². The summed E-state index contributed by atoms with van der Waals surface area (Å²) in [4.78, 5) is 41.3. The lowest BCUT2D eigenvalue weighted by Crippen LogP contribution is -2.46. The highest BCUT2D eigenvalue weighted by molar-refractivity contribution is 6.11. The van der Waals surface area contributed by atoms with Gasteiger partial charge in [0.15, 0.2) is 11.3 Å². The summed E-state index contributed by atoms with van der Waals surface area (Å²) in [7, 11) is 1.64. The summed E-state index contributed by atoms with van der Waals surface area (Å²) in [5, 5.41) is 2.92. The number of aryl methyl sites for hydroxylation is 1. The van der Waals surface area contributed by atoms with Crippen molar-refractivity contribution in [2.24, 2.45) is 0 Å². The number of ketones is 1. The van der Waals surface area contributed by atoms with Crippen molar-refractivity contribution in [1.82, 2.24) is 14.8 Å². The van der Waals surface area contributed by atoms with E-state index in [2.05, 4.69) is 5.32 Å². The molecular formula is C28H31N3O4. The summed E-state index contributed by atoms with van der Waals surface area (Å²) in [6.45, 7) is 6.02. The zero-order chi connectivity index (χ0) is 25.2. The van der Waals surface area contributed by atoms with E-state index in [9.17, 15) is 14.4 Å². The van der Waals surface area contributed by atoms with Crippen molar-refractivity contribution in [2.75, 3.05) is 20.3 Å². The number of aromatic nitrogens is 1. The smallest absolute Gasteiger partial charge is 0.325 e. The number of carbonyl (C=O) groups excluding carboxylic acids is 3. The molecule has 3 aromatic rings. The first kappa shape index (κ1) is 24.4. The van der Waals surface area contributed by atoms with Crippen LogP contribution in [-0.4, -0.2) is 47.4 Å². The first-order valence-electron chi connectivity index (χ1n) is 11.7. The van der Waals surface area contributed by atoms with Crippen LogP contribution in [0, 0.1) is 13.8 Å². The van der Waals surface area contributed by atoms with E-state index in [1.807, 2.05) is 92.1 Å². The maximum atomic E-state index is 13.8. The fourth-order valence-corrected chi connectivity index (χ4v) is 5.09. The second kappa shape index (κ2) is 9.88. The number of hydrogen-bond acceptors (Lipinski definition) is 4. The van der Waals surface area contributed by atoms with E-state index in [1.54, 1.807) is 7.11 Å². The van der Waals surface area contributed by atoms with E-state index >= 15 is 0 Å². The molecule has 1 N–H and O–H groups in total. The molecule has 35 heavy (non-hydrogen) atoms. The van der Waals surface area contributed by atoms with Gasteiger partial charge in [-0.2, -0.15) is 0 Å². The lowest BCUT2D eigenvalue weighted by atomic mass is 9.83. The number of carbonyl (C=O) groups is 3. The van der Waals surface area contributed by atoms with Crippen molar-refractivity contribution in [1.29, 1.82) is 0 Å². The molecule has 7 nitrogen and oxygen atoms in total. The molecule has 1 fully saturated rings. The molecular weight excluding hydrogens is 442 g/mol. The molecule has 0 unspecified atom stereocenters. The van der Waals surface area contributed by atoms with Crippen LogP contribution in [0.1, 0.15) is 45.8 Å². The van der Waals surface area contributed by atoms with Gasteiger partial charge in [-0.15, -0.1) is 0 Å². The Bertz CT molecular complexity index is 1240. The Hall–Kier alpha value is -3.71. The van der Waals surface area contributed by atoms with Crippen LogP contribution >= 0.6 is 0 Å². The molecule has 0 spiro atoms. The minimum absolute atomic E-state index is 0.0508. The zero-order valence-electron chi connectivity index (χ0n) is 20.6. The molecule has 182 valence electrons. The van der Waals surface area contributed by atoms with Crippen LogP contribution in [0.25, 0.3) is 0 Å². The largest absolute Gasteiger partial charge is 0.383 e. The maximum Gasteiger partial charge on any atom is 0.325 e. The van der Waals surface area contributed by atoms with Crippen molar-refractivity contribution >= 4 is 17.7 Å². The van der Waals surface area contributed by atoms with Crippen molar-refractivity contribution in [3.8, 4) is 0 Å². The lowest BCUT2D eigenvalue weighted by molar-refractivity contribution is -0.131. The molecule has 4 rings (SSSR count). The highest BCUT2D eigenvalue weighted by Crippen LogP contribution is 2.33. The number of ether oxygens (including phenoxy) is 1. The molecule has 1 saturated heterocycles. The summed E-state index contributed by atoms with van der Waals surface area (Å²) >= 11 is 0. The SMILES string of the molecule is COC[C@@H](C)n1c(C)cc(C(=O)CN2C(=O)N[C@@](Cc3ccccc3)(c3ccccc3)C2=O)c1C. The summed E-state index contributed by atoms with van der Waals surface area (Å²) in [6, 6.07) is 20.1. The lowest BCUT2D eigenvalue weighted by Gasteiger charge is -2.27. The standard InChI is InChI=1S/C28H31N3O4/c1-19-15-24(21(3)31(19)20(2)18-35-4)25(32)17-30-26(33)28(29-27(30)34,23-13-9-6-10-14-23)16-22-11-7-5-8-12-22/h5-15,20H,16-18H2,1-4H3,(H,29,34)/t20-,28+/m1/s1. The molecule has 0 saturated carbocycles. The maximum absolute atomic E-state index is 13.8. The van der Waals surface area contributed by atoms with Gasteiger partial charge in [-0.25, -0.2) is 4.79 Å². The van der Waals surface area contributed by atoms with Gasteiger partial charge in [0.2, 0.25) is 0 Å². The predicted molar refractivity (Wildman–Crippen MR) is 133 cm³/mol. The Morgan fingerprint density at radius 3 is 2.29 bits per heavy atom. The van der Waals surface area contributed by atoms with Gasteiger partial charge in [0.25, 0.3) is 5.91 Å². The summed E-state index contributed by atoms with van der Waals surface area (Å²) in [5.41, 5.74) is 2.55. The number of amides is 3. The minimum atomic E-state index is -1.27. The molecule has 0 bridgehead atoms. The topological polar surface area (TPSA) is 80.6 Å². The third-order valence-electron chi connectivity index (χ3n) is 6.69. The average Bonchev–Trinajstić information content (AvgIpc) is 3.28. The van der Waals surface area contributed by atoms with E-state index in [1.165, 1.54) is 0 Å². The van der Waals surface area contributed by atoms with Gasteiger partial charge < -0.3 is 14.6 Å². The van der Waals surface area contributed by atoms with Crippen LogP contribution in [0.3, 0.4) is 0 Å². The number of hydrogen-bond donors (Lipinski definition) is 1. The Morgan fingerprint density at radius 2 is 1.66 bits per heavy atom. The first-order chi connectivity index (χ1) is 16.8. The van der Waals surface area contributed by atoms with Gasteiger partial charge in [-0.1, -0.05) is 60.7 Å². The molecule has 1 aliphatic heterocycles. The summed E-state index contributed by atoms with van der Waals surface area (Å²) in [6.07, 6.45) is 0.288. The number of benzene rings is 2. The van der Waals surface area contributed by atoms with E-state index in [4.69, 9.17) is 4.74 Å². The Kier molecular flexibility index (Phi) is 6.89. The van der Waals surface area contributed by atoms with Gasteiger partial charge in [0.1, 0.15) is 0 Å². The number of nitrogens with one attached hydrogen (secondary N) is 1. The second-order valence-electron chi connectivity index (χ2n) is 9.14. The number of nitrogens with zero attached hydrogens (tertiary/aromatic N) is 2. The van der Waals surface area contributed by atoms with Crippen molar-refractivity contribution in [3.63, 3.8) is 0 Å². The highest BCUT2D eigenvalue weighted by Gasteiger charge is 2.52. The van der Waals surface area contributed by atoms with E-state index in [0.29, 0.717) is 17.7 Å². The third kappa shape index (κ3) is 4.51. The average molecular weight is 474 g/mol. The highest BCUT2D eigenvalue weighted by atomic mass is 16.5. The Balaban J connectivity index is 1.65. The van der Waals surface area contributed by atoms with Crippen LogP contribution in [-0.2, 0) is 21.5 Å². The number of imide groups is 1. The van der Waals surface area contributed by atoms with Gasteiger partial charge in [0.05, 0.1) is 19.2 Å². The van der Waals surface area contributed by atoms with Crippen LogP contribution in [0.4, 0.5) is 4.79 Å². The van der Waals surface area contributed by atoms with Gasteiger partial charge in [-0.3, -0.25) is 14.5 Å². The fourth-order valence-electron chi connectivity index (χ4n) is 5.09. The molecule has 1 aromatic heterocycles. The Morgan fingerprint density at radius 1 is 1.03 bits per heavy atom. The molecule has 2 heterocycles. The number of Topliss-reactive ketones (excluding diaryl/α,β-unsaturated/α-hetero) is 1. The van der Waals surface area contributed by atoms with E-state index < -0.39 is 17.5 Å². The van der Waals surface area contributed by atoms with Gasteiger partial charge in [-0.05, 0) is 38.0 Å².